The van der Waals surface area contributed by atoms with Gasteiger partial charge in [-0.1, -0.05) is 24.3 Å². The van der Waals surface area contributed by atoms with E-state index in [1.807, 2.05) is 48.5 Å². The van der Waals surface area contributed by atoms with E-state index in [0.29, 0.717) is 46.5 Å². The van der Waals surface area contributed by atoms with Crippen LogP contribution < -0.4 is 19.9 Å². The molecule has 0 saturated heterocycles. The van der Waals surface area contributed by atoms with Crippen LogP contribution in [0, 0.1) is 0 Å². The third-order valence-corrected chi connectivity index (χ3v) is 7.61. The molecule has 0 spiro atoms. The summed E-state index contributed by atoms with van der Waals surface area (Å²) >= 11 is 0. The number of primary sulfonamides is 1. The number of sulfonamides is 1. The van der Waals surface area contributed by atoms with E-state index < -0.39 is 28.5 Å². The summed E-state index contributed by atoms with van der Waals surface area (Å²) in [7, 11) is -3.85. The Balaban J connectivity index is 1.24. The molecule has 0 bridgehead atoms. The molecule has 10 nitrogen and oxygen atoms in total. The smallest absolute Gasteiger partial charge is 0.339 e. The van der Waals surface area contributed by atoms with Crippen molar-refractivity contribution in [2.24, 2.45) is 5.14 Å². The Morgan fingerprint density at radius 3 is 2.58 bits per heavy atom. The highest BCUT2D eigenvalue weighted by molar-refractivity contribution is 7.89. The summed E-state index contributed by atoms with van der Waals surface area (Å²) in [6, 6.07) is 18.4. The summed E-state index contributed by atoms with van der Waals surface area (Å²) in [5.41, 5.74) is 4.78. The summed E-state index contributed by atoms with van der Waals surface area (Å²) in [5, 5.41) is 8.32. The van der Waals surface area contributed by atoms with E-state index >= 15 is 0 Å². The van der Waals surface area contributed by atoms with Gasteiger partial charge in [-0.05, 0) is 78.1 Å². The second kappa shape index (κ2) is 10.1. The Kier molecular flexibility index (Phi) is 6.45. The fourth-order valence-corrected chi connectivity index (χ4v) is 5.36. The molecule has 0 saturated carbocycles. The van der Waals surface area contributed by atoms with Crippen LogP contribution >= 0.6 is 0 Å². The second-order valence-corrected chi connectivity index (χ2v) is 10.9. The molecule has 0 fully saturated rings. The number of benzene rings is 3. The number of hydrogen-bond donors (Lipinski definition) is 2. The third-order valence-electron chi connectivity index (χ3n) is 6.68. The van der Waals surface area contributed by atoms with Gasteiger partial charge in [-0.15, -0.1) is 0 Å². The molecule has 4 aromatic rings. The molecule has 0 radical (unpaired) electrons. The molecule has 11 heteroatoms. The maximum Gasteiger partial charge on any atom is 0.339 e. The quantitative estimate of drug-likeness (QED) is 0.340. The van der Waals surface area contributed by atoms with E-state index in [9.17, 15) is 18.0 Å². The number of nitrogens with zero attached hydrogens (tertiary/aromatic N) is 1. The lowest BCUT2D eigenvalue weighted by Crippen LogP contribution is -2.22. The lowest BCUT2D eigenvalue weighted by Gasteiger charge is -2.12. The second-order valence-electron chi connectivity index (χ2n) is 9.31. The SMILES string of the molecule is NS(=O)(=O)c1ccc(NC(=O)COC(=O)c2c3c(nc4ccccc24)/C(=C/c2ccc4c(c2)OCO4)CC3)cc1. The maximum atomic E-state index is 13.4. The molecular formula is C29H23N3O7S. The van der Waals surface area contributed by atoms with Crippen LogP contribution in [0.2, 0.25) is 0 Å². The van der Waals surface area contributed by atoms with E-state index in [2.05, 4.69) is 5.32 Å². The van der Waals surface area contributed by atoms with Crippen molar-refractivity contribution in [2.45, 2.75) is 17.7 Å². The lowest BCUT2D eigenvalue weighted by molar-refractivity contribution is -0.119. The van der Waals surface area contributed by atoms with Crippen molar-refractivity contribution >= 4 is 50.1 Å². The first kappa shape index (κ1) is 25.5. The van der Waals surface area contributed by atoms with Crippen molar-refractivity contribution < 1.29 is 32.2 Å². The van der Waals surface area contributed by atoms with Crippen molar-refractivity contribution in [1.82, 2.24) is 4.98 Å². The molecule has 40 heavy (non-hydrogen) atoms. The number of nitrogens with two attached hydrogens (primary N) is 1. The molecule has 2 aliphatic rings. The molecule has 1 amide bonds. The molecule has 3 aromatic carbocycles. The minimum atomic E-state index is -3.85. The topological polar surface area (TPSA) is 147 Å². The molecule has 2 heterocycles. The summed E-state index contributed by atoms with van der Waals surface area (Å²) < 4.78 is 39.2. The van der Waals surface area contributed by atoms with Gasteiger partial charge in [-0.3, -0.25) is 4.79 Å². The predicted molar refractivity (Wildman–Crippen MR) is 147 cm³/mol. The van der Waals surface area contributed by atoms with Gasteiger partial charge < -0.3 is 19.5 Å². The monoisotopic (exact) mass is 557 g/mol. The van der Waals surface area contributed by atoms with E-state index in [1.165, 1.54) is 24.3 Å². The van der Waals surface area contributed by atoms with Crippen LogP contribution in [0.5, 0.6) is 11.5 Å². The number of anilines is 1. The van der Waals surface area contributed by atoms with Crippen molar-refractivity contribution in [1.29, 1.82) is 0 Å². The van der Waals surface area contributed by atoms with Gasteiger partial charge in [-0.25, -0.2) is 23.3 Å². The molecule has 1 aromatic heterocycles. The van der Waals surface area contributed by atoms with Gasteiger partial charge in [0, 0.05) is 11.1 Å². The zero-order valence-electron chi connectivity index (χ0n) is 21.0. The van der Waals surface area contributed by atoms with Crippen LogP contribution in [0.25, 0.3) is 22.6 Å². The first-order chi connectivity index (χ1) is 19.3. The first-order valence-corrected chi connectivity index (χ1v) is 13.9. The van der Waals surface area contributed by atoms with Gasteiger partial charge in [0.1, 0.15) is 0 Å². The van der Waals surface area contributed by atoms with Gasteiger partial charge >= 0.3 is 5.97 Å². The highest BCUT2D eigenvalue weighted by atomic mass is 32.2. The first-order valence-electron chi connectivity index (χ1n) is 12.4. The largest absolute Gasteiger partial charge is 0.454 e. The molecule has 0 unspecified atom stereocenters. The Labute approximate surface area is 229 Å². The summed E-state index contributed by atoms with van der Waals surface area (Å²) in [5.74, 6) is 0.184. The maximum absolute atomic E-state index is 13.4. The van der Waals surface area contributed by atoms with Crippen LogP contribution in [0.15, 0.2) is 71.6 Å². The lowest BCUT2D eigenvalue weighted by atomic mass is 10.0. The molecule has 6 rings (SSSR count). The van der Waals surface area contributed by atoms with E-state index in [1.54, 1.807) is 0 Å². The van der Waals surface area contributed by atoms with E-state index in [4.69, 9.17) is 24.3 Å². The highest BCUT2D eigenvalue weighted by Gasteiger charge is 2.28. The number of esters is 1. The fourth-order valence-electron chi connectivity index (χ4n) is 4.84. The molecule has 0 atom stereocenters. The average Bonchev–Trinajstić information content (AvgIpc) is 3.57. The number of nitrogens with one attached hydrogen (secondary N) is 1. The Morgan fingerprint density at radius 2 is 1.77 bits per heavy atom. The predicted octanol–water partition coefficient (Wildman–Crippen LogP) is 3.89. The number of allylic oxidation sites excluding steroid dienone is 1. The van der Waals surface area contributed by atoms with Gasteiger partial charge in [0.2, 0.25) is 16.8 Å². The van der Waals surface area contributed by atoms with Crippen LogP contribution in [0.1, 0.15) is 33.6 Å². The highest BCUT2D eigenvalue weighted by Crippen LogP contribution is 2.39. The number of ether oxygens (including phenoxy) is 3. The van der Waals surface area contributed by atoms with Gasteiger partial charge in [0.15, 0.2) is 18.1 Å². The van der Waals surface area contributed by atoms with Crippen LogP contribution in [0.3, 0.4) is 0 Å². The van der Waals surface area contributed by atoms with Crippen molar-refractivity contribution in [3.63, 3.8) is 0 Å². The van der Waals surface area contributed by atoms with Gasteiger partial charge in [0.05, 0.1) is 21.7 Å². The fraction of sp³-hybridized carbons (Fsp3) is 0.138. The molecule has 1 aliphatic heterocycles. The number of carbonyl (C=O) groups is 2. The summed E-state index contributed by atoms with van der Waals surface area (Å²) in [6.45, 7) is -0.332. The normalized spacial score (nSPS) is 14.8. The van der Waals surface area contributed by atoms with Crippen molar-refractivity contribution in [3.8, 4) is 11.5 Å². The number of aromatic nitrogens is 1. The van der Waals surface area contributed by atoms with Gasteiger partial charge in [-0.2, -0.15) is 0 Å². The van der Waals surface area contributed by atoms with Crippen molar-refractivity contribution in [2.75, 3.05) is 18.7 Å². The third kappa shape index (κ3) is 4.99. The average molecular weight is 558 g/mol. The number of pyridine rings is 1. The Morgan fingerprint density at radius 1 is 1.00 bits per heavy atom. The van der Waals surface area contributed by atoms with Crippen LogP contribution in [-0.2, 0) is 26.0 Å². The molecule has 1 aliphatic carbocycles. The minimum Gasteiger partial charge on any atom is -0.454 e. The number of hydrogen-bond acceptors (Lipinski definition) is 8. The van der Waals surface area contributed by atoms with E-state index in [0.717, 1.165) is 22.4 Å². The zero-order valence-corrected chi connectivity index (χ0v) is 21.9. The van der Waals surface area contributed by atoms with Crippen molar-refractivity contribution in [3.05, 3.63) is 89.1 Å². The molecule has 3 N–H and O–H groups in total. The Bertz CT molecular complexity index is 1820. The van der Waals surface area contributed by atoms with E-state index in [-0.39, 0.29) is 11.7 Å². The van der Waals surface area contributed by atoms with Crippen LogP contribution in [0.4, 0.5) is 5.69 Å². The van der Waals surface area contributed by atoms with Gasteiger partial charge in [0.25, 0.3) is 5.91 Å². The number of fused-ring (bicyclic) bond motifs is 3. The summed E-state index contributed by atoms with van der Waals surface area (Å²) in [6.07, 6.45) is 3.30. The Hall–Kier alpha value is -4.74. The number of rotatable bonds is 6. The number of amides is 1. The molecular weight excluding hydrogens is 534 g/mol. The molecule has 202 valence electrons. The van der Waals surface area contributed by atoms with Crippen LogP contribution in [-0.4, -0.2) is 38.7 Å². The number of carbonyl (C=O) groups excluding carboxylic acids is 2. The standard InChI is InChI=1S/C29H23N3O7S/c30-40(35,36)20-9-7-19(8-10-20)31-26(33)15-37-29(34)27-21-3-1-2-4-23(21)32-28-18(6-11-22(27)28)13-17-5-12-24-25(14-17)39-16-38-24/h1-5,7-10,12-14H,6,11,15-16H2,(H,31,33)(H2,30,35,36)/b18-13+. The number of para-hydroxylation sites is 1. The summed E-state index contributed by atoms with van der Waals surface area (Å²) in [4.78, 5) is 30.6. The minimum absolute atomic E-state index is 0.0812. The zero-order chi connectivity index (χ0) is 27.9.